The van der Waals surface area contributed by atoms with Gasteiger partial charge in [-0.05, 0) is 42.8 Å². The molecule has 3 aromatic rings. The van der Waals surface area contributed by atoms with Gasteiger partial charge < -0.3 is 10.4 Å². The van der Waals surface area contributed by atoms with Crippen molar-refractivity contribution in [1.29, 1.82) is 0 Å². The molecule has 0 fully saturated rings. The van der Waals surface area contributed by atoms with E-state index in [0.717, 1.165) is 15.9 Å². The van der Waals surface area contributed by atoms with E-state index in [-0.39, 0.29) is 27.7 Å². The van der Waals surface area contributed by atoms with E-state index in [1.54, 1.807) is 19.1 Å². The topological polar surface area (TPSA) is 193 Å². The molecule has 39 heavy (non-hydrogen) atoms. The summed E-state index contributed by atoms with van der Waals surface area (Å²) < 4.78 is 54.5. The quantitative estimate of drug-likeness (QED) is 0.227. The lowest BCUT2D eigenvalue weighted by atomic mass is 10.2. The lowest BCUT2D eigenvalue weighted by Crippen LogP contribution is -2.34. The predicted octanol–water partition coefficient (Wildman–Crippen LogP) is 3.08. The molecule has 0 saturated heterocycles. The van der Waals surface area contributed by atoms with Gasteiger partial charge in [-0.25, -0.2) is 26.4 Å². The Labute approximate surface area is 224 Å². The number of benzene rings is 3. The number of nitrogens with zero attached hydrogens (tertiary/aromatic N) is 2. The second kappa shape index (κ2) is 12.0. The lowest BCUT2D eigenvalue weighted by molar-refractivity contribution is -0.384. The second-order valence-electron chi connectivity index (χ2n) is 8.31. The Morgan fingerprint density at radius 1 is 0.949 bits per heavy atom. The highest BCUT2D eigenvalue weighted by molar-refractivity contribution is 7.90. The maximum Gasteiger partial charge on any atom is 0.333 e. The summed E-state index contributed by atoms with van der Waals surface area (Å²) in [6, 6.07) is 14.8. The fourth-order valence-electron chi connectivity index (χ4n) is 3.37. The predicted molar refractivity (Wildman–Crippen MR) is 140 cm³/mol. The van der Waals surface area contributed by atoms with Gasteiger partial charge in [-0.3, -0.25) is 14.9 Å². The van der Waals surface area contributed by atoms with E-state index in [2.05, 4.69) is 5.32 Å². The molecule has 0 bridgehead atoms. The first-order chi connectivity index (χ1) is 18.3. The number of non-ortho nitro benzene ring substituents is 1. The zero-order valence-corrected chi connectivity index (χ0v) is 22.1. The minimum Gasteiger partial charge on any atom is -0.481 e. The van der Waals surface area contributed by atoms with Crippen LogP contribution in [0.3, 0.4) is 0 Å². The number of amides is 2. The Morgan fingerprint density at radius 2 is 1.59 bits per heavy atom. The Hall–Kier alpha value is -4.34. The van der Waals surface area contributed by atoms with Crippen molar-refractivity contribution < 1.29 is 36.5 Å². The highest BCUT2D eigenvalue weighted by Gasteiger charge is 2.26. The third-order valence-electron chi connectivity index (χ3n) is 5.37. The molecule has 15 heteroatoms. The standard InChI is InChI=1S/C24H24N4O9S2/c1-17-5-11-21(12-6-17)38(34,35)26-24(31)25-19-3-2-4-22(15-19)39(36,37)27(14-13-23(29)30)16-18-7-9-20(10-8-18)28(32)33/h2-12,15H,13-14,16H2,1H3,(H,29,30)(H2,25,26,31). The Kier molecular flexibility index (Phi) is 9.00. The molecule has 0 unspecified atom stereocenters. The van der Waals surface area contributed by atoms with Gasteiger partial charge in [0.25, 0.3) is 15.7 Å². The average Bonchev–Trinajstić information content (AvgIpc) is 2.86. The van der Waals surface area contributed by atoms with Crippen molar-refractivity contribution in [2.75, 3.05) is 11.9 Å². The molecule has 0 radical (unpaired) electrons. The molecule has 0 aliphatic carbocycles. The van der Waals surface area contributed by atoms with Crippen molar-refractivity contribution in [3.8, 4) is 0 Å². The smallest absolute Gasteiger partial charge is 0.333 e. The fourth-order valence-corrected chi connectivity index (χ4v) is 5.75. The minimum absolute atomic E-state index is 0.0406. The van der Waals surface area contributed by atoms with E-state index < -0.39 is 49.9 Å². The van der Waals surface area contributed by atoms with E-state index in [4.69, 9.17) is 5.11 Å². The van der Waals surface area contributed by atoms with Crippen molar-refractivity contribution in [2.45, 2.75) is 29.7 Å². The second-order valence-corrected chi connectivity index (χ2v) is 11.9. The number of hydrogen-bond donors (Lipinski definition) is 3. The number of nitrogens with one attached hydrogen (secondary N) is 2. The summed E-state index contributed by atoms with van der Waals surface area (Å²) in [7, 11) is -8.51. The summed E-state index contributed by atoms with van der Waals surface area (Å²) in [6.07, 6.45) is -0.510. The van der Waals surface area contributed by atoms with Crippen LogP contribution in [-0.2, 0) is 31.4 Å². The van der Waals surface area contributed by atoms with Crippen LogP contribution in [0.25, 0.3) is 0 Å². The van der Waals surface area contributed by atoms with Crippen LogP contribution < -0.4 is 10.0 Å². The number of carbonyl (C=O) groups excluding carboxylic acids is 1. The summed E-state index contributed by atoms with van der Waals surface area (Å²) >= 11 is 0. The molecule has 0 aliphatic rings. The molecule has 13 nitrogen and oxygen atoms in total. The SMILES string of the molecule is Cc1ccc(S(=O)(=O)NC(=O)Nc2cccc(S(=O)(=O)N(CCC(=O)O)Cc3ccc([N+](=O)[O-])cc3)c2)cc1. The van der Waals surface area contributed by atoms with Crippen molar-refractivity contribution in [1.82, 2.24) is 9.03 Å². The molecular weight excluding hydrogens is 552 g/mol. The normalized spacial score (nSPS) is 11.6. The molecule has 206 valence electrons. The minimum atomic E-state index is -4.32. The summed E-state index contributed by atoms with van der Waals surface area (Å²) in [5.74, 6) is -1.24. The van der Waals surface area contributed by atoms with Gasteiger partial charge >= 0.3 is 12.0 Å². The lowest BCUT2D eigenvalue weighted by Gasteiger charge is -2.22. The van der Waals surface area contributed by atoms with Crippen LogP contribution in [0.1, 0.15) is 17.5 Å². The number of nitro benzene ring substituents is 1. The number of sulfonamides is 2. The number of hydrogen-bond acceptors (Lipinski definition) is 8. The fraction of sp³-hybridized carbons (Fsp3) is 0.167. The summed E-state index contributed by atoms with van der Waals surface area (Å²) in [5, 5.41) is 22.3. The molecule has 0 spiro atoms. The van der Waals surface area contributed by atoms with Crippen LogP contribution in [0.5, 0.6) is 0 Å². The number of aliphatic carboxylic acids is 1. The van der Waals surface area contributed by atoms with Crippen LogP contribution in [0, 0.1) is 17.0 Å². The number of urea groups is 1. The van der Waals surface area contributed by atoms with Gasteiger partial charge in [-0.15, -0.1) is 0 Å². The third-order valence-corrected chi connectivity index (χ3v) is 8.56. The first-order valence-electron chi connectivity index (χ1n) is 11.2. The highest BCUT2D eigenvalue weighted by atomic mass is 32.2. The van der Waals surface area contributed by atoms with Gasteiger partial charge in [0.15, 0.2) is 0 Å². The summed E-state index contributed by atoms with van der Waals surface area (Å²) in [4.78, 5) is 33.4. The highest BCUT2D eigenvalue weighted by Crippen LogP contribution is 2.23. The van der Waals surface area contributed by atoms with Gasteiger partial charge in [0, 0.05) is 30.9 Å². The van der Waals surface area contributed by atoms with Crippen LogP contribution in [-0.4, -0.2) is 49.7 Å². The van der Waals surface area contributed by atoms with Crippen molar-refractivity contribution in [2.24, 2.45) is 0 Å². The monoisotopic (exact) mass is 576 g/mol. The molecule has 0 aromatic heterocycles. The molecule has 3 aromatic carbocycles. The van der Waals surface area contributed by atoms with E-state index in [0.29, 0.717) is 5.56 Å². The molecule has 2 amide bonds. The van der Waals surface area contributed by atoms with E-state index in [1.807, 2.05) is 4.72 Å². The van der Waals surface area contributed by atoms with E-state index in [9.17, 15) is 36.5 Å². The number of anilines is 1. The van der Waals surface area contributed by atoms with Gasteiger partial charge in [-0.2, -0.15) is 4.31 Å². The van der Waals surface area contributed by atoms with Crippen molar-refractivity contribution in [3.63, 3.8) is 0 Å². The van der Waals surface area contributed by atoms with Crippen LogP contribution in [0.2, 0.25) is 0 Å². The van der Waals surface area contributed by atoms with E-state index in [1.165, 1.54) is 54.6 Å². The molecule has 3 rings (SSSR count). The van der Waals surface area contributed by atoms with Crippen LogP contribution in [0.4, 0.5) is 16.2 Å². The number of carbonyl (C=O) groups is 2. The number of aryl methyl sites for hydroxylation is 1. The number of carboxylic acid groups (broad SMARTS) is 1. The van der Waals surface area contributed by atoms with Crippen LogP contribution in [0.15, 0.2) is 82.6 Å². The largest absolute Gasteiger partial charge is 0.481 e. The molecule has 0 saturated carbocycles. The first-order valence-corrected chi connectivity index (χ1v) is 14.2. The maximum absolute atomic E-state index is 13.4. The van der Waals surface area contributed by atoms with Crippen molar-refractivity contribution >= 4 is 43.4 Å². The molecule has 0 atom stereocenters. The number of carboxylic acids is 1. The average molecular weight is 577 g/mol. The third kappa shape index (κ3) is 7.83. The molecule has 3 N–H and O–H groups in total. The number of rotatable bonds is 11. The number of nitro groups is 1. The zero-order valence-electron chi connectivity index (χ0n) is 20.5. The first kappa shape index (κ1) is 29.2. The molecule has 0 aliphatic heterocycles. The molecular formula is C24H24N4O9S2. The Bertz CT molecular complexity index is 1590. The van der Waals surface area contributed by atoms with Gasteiger partial charge in [0.2, 0.25) is 10.0 Å². The van der Waals surface area contributed by atoms with Gasteiger partial charge in [-0.1, -0.05) is 35.9 Å². The Morgan fingerprint density at radius 3 is 2.18 bits per heavy atom. The van der Waals surface area contributed by atoms with Crippen LogP contribution >= 0.6 is 0 Å². The Balaban J connectivity index is 1.81. The van der Waals surface area contributed by atoms with Crippen molar-refractivity contribution in [3.05, 3.63) is 94.0 Å². The van der Waals surface area contributed by atoms with Gasteiger partial charge in [0.05, 0.1) is 21.1 Å². The zero-order chi connectivity index (χ0) is 28.8. The molecule has 0 heterocycles. The van der Waals surface area contributed by atoms with E-state index >= 15 is 0 Å². The van der Waals surface area contributed by atoms with Gasteiger partial charge in [0.1, 0.15) is 0 Å². The maximum atomic E-state index is 13.4. The summed E-state index contributed by atoms with van der Waals surface area (Å²) in [6.45, 7) is 1.09. The summed E-state index contributed by atoms with van der Waals surface area (Å²) in [5.41, 5.74) is 0.966.